The predicted octanol–water partition coefficient (Wildman–Crippen LogP) is 3.09. The number of aryl methyl sites for hydroxylation is 1. The maximum Gasteiger partial charge on any atom is 0.149 e. The zero-order valence-corrected chi connectivity index (χ0v) is 15.2. The third-order valence-corrected chi connectivity index (χ3v) is 4.52. The van der Waals surface area contributed by atoms with E-state index in [0.717, 1.165) is 17.9 Å². The Balaban J connectivity index is 2.32. The fourth-order valence-electron chi connectivity index (χ4n) is 3.29. The van der Waals surface area contributed by atoms with Gasteiger partial charge in [0, 0.05) is 18.7 Å². The van der Waals surface area contributed by atoms with Gasteiger partial charge in [-0.05, 0) is 36.5 Å². The Bertz CT molecular complexity index is 575. The molecule has 0 N–H and O–H groups in total. The van der Waals surface area contributed by atoms with Crippen molar-refractivity contribution in [3.8, 4) is 5.75 Å². The van der Waals surface area contributed by atoms with Gasteiger partial charge in [0.2, 0.25) is 0 Å². The third kappa shape index (κ3) is 4.12. The van der Waals surface area contributed by atoms with E-state index in [1.165, 1.54) is 11.1 Å². The summed E-state index contributed by atoms with van der Waals surface area (Å²) in [4.78, 5) is 14.0. The Morgan fingerprint density at radius 3 is 2.65 bits per heavy atom. The van der Waals surface area contributed by atoms with Crippen LogP contribution in [0, 0.1) is 6.92 Å². The molecule has 1 aromatic rings. The van der Waals surface area contributed by atoms with Crippen molar-refractivity contribution in [1.29, 1.82) is 0 Å². The maximum atomic E-state index is 11.9. The molecule has 0 aliphatic carbocycles. The summed E-state index contributed by atoms with van der Waals surface area (Å²) in [6.45, 7) is 13.0. The van der Waals surface area contributed by atoms with Crippen molar-refractivity contribution >= 4 is 5.78 Å². The first-order valence-corrected chi connectivity index (χ1v) is 8.24. The van der Waals surface area contributed by atoms with Crippen molar-refractivity contribution in [3.63, 3.8) is 0 Å². The van der Waals surface area contributed by atoms with E-state index in [1.807, 2.05) is 0 Å². The molecule has 0 bridgehead atoms. The van der Waals surface area contributed by atoms with Gasteiger partial charge in [-0.2, -0.15) is 0 Å². The third-order valence-electron chi connectivity index (χ3n) is 4.52. The van der Waals surface area contributed by atoms with Crippen molar-refractivity contribution in [1.82, 2.24) is 4.90 Å². The van der Waals surface area contributed by atoms with Gasteiger partial charge in [-0.1, -0.05) is 26.8 Å². The molecule has 4 heteroatoms. The molecule has 0 radical (unpaired) electrons. The summed E-state index contributed by atoms with van der Waals surface area (Å²) in [5.74, 6) is 1.06. The van der Waals surface area contributed by atoms with Gasteiger partial charge in [-0.3, -0.25) is 9.69 Å². The highest BCUT2D eigenvalue weighted by molar-refractivity contribution is 5.81. The van der Waals surface area contributed by atoms with Gasteiger partial charge in [-0.15, -0.1) is 0 Å². The average Bonchev–Trinajstić information content (AvgIpc) is 2.46. The van der Waals surface area contributed by atoms with Crippen LogP contribution in [0.25, 0.3) is 0 Å². The Kier molecular flexibility index (Phi) is 5.48. The molecule has 0 amide bonds. The lowest BCUT2D eigenvalue weighted by atomic mass is 9.83. The number of hydrogen-bond donors (Lipinski definition) is 0. The smallest absolute Gasteiger partial charge is 0.149 e. The predicted molar refractivity (Wildman–Crippen MR) is 92.1 cm³/mol. The molecule has 0 aromatic heterocycles. The second-order valence-corrected chi connectivity index (χ2v) is 7.40. The first kappa shape index (κ1) is 18.0. The minimum Gasteiger partial charge on any atom is -0.496 e. The van der Waals surface area contributed by atoms with Crippen LogP contribution in [0.2, 0.25) is 0 Å². The molecule has 1 aliphatic rings. The van der Waals surface area contributed by atoms with E-state index in [1.54, 1.807) is 14.0 Å². The van der Waals surface area contributed by atoms with Gasteiger partial charge in [0.25, 0.3) is 0 Å². The number of ether oxygens (including phenoxy) is 2. The van der Waals surface area contributed by atoms with Crippen LogP contribution >= 0.6 is 0 Å². The Labute approximate surface area is 139 Å². The zero-order valence-electron chi connectivity index (χ0n) is 15.2. The van der Waals surface area contributed by atoms with Gasteiger partial charge in [0.15, 0.2) is 0 Å². The summed E-state index contributed by atoms with van der Waals surface area (Å²) in [5, 5.41) is 0. The lowest BCUT2D eigenvalue weighted by Crippen LogP contribution is -2.48. The molecule has 1 fully saturated rings. The van der Waals surface area contributed by atoms with E-state index in [9.17, 15) is 4.79 Å². The number of Topliss-reactive ketones (excluding diaryl/α,β-unsaturated/α-hetero) is 1. The van der Waals surface area contributed by atoms with Crippen molar-refractivity contribution in [2.45, 2.75) is 52.6 Å². The Hall–Kier alpha value is -1.39. The molecule has 0 unspecified atom stereocenters. The lowest BCUT2D eigenvalue weighted by molar-refractivity contribution is -0.128. The first-order chi connectivity index (χ1) is 10.7. The fraction of sp³-hybridized carbons (Fsp3) is 0.632. The molecule has 1 atom stereocenters. The van der Waals surface area contributed by atoms with E-state index >= 15 is 0 Å². The van der Waals surface area contributed by atoms with Gasteiger partial charge >= 0.3 is 0 Å². The normalized spacial score (nSPS) is 19.7. The standard InChI is InChI=1S/C19H29NO3/c1-13-9-15(18(22-6)10-16(13)19(3,4)5)11-20-7-8-23-12-17(20)14(2)21/h9-10,17H,7-8,11-12H2,1-6H3/t17-/m0/s1. The molecule has 4 nitrogen and oxygen atoms in total. The van der Waals surface area contributed by atoms with Crippen LogP contribution < -0.4 is 4.74 Å². The summed E-state index contributed by atoms with van der Waals surface area (Å²) in [6.07, 6.45) is 0. The zero-order chi connectivity index (χ0) is 17.2. The molecule has 1 heterocycles. The summed E-state index contributed by atoms with van der Waals surface area (Å²) in [6, 6.07) is 4.19. The molecule has 1 aromatic carbocycles. The van der Waals surface area contributed by atoms with E-state index in [4.69, 9.17) is 9.47 Å². The van der Waals surface area contributed by atoms with Gasteiger partial charge in [-0.25, -0.2) is 0 Å². The molecule has 23 heavy (non-hydrogen) atoms. The summed E-state index contributed by atoms with van der Waals surface area (Å²) >= 11 is 0. The number of carbonyl (C=O) groups is 1. The van der Waals surface area contributed by atoms with Gasteiger partial charge in [0.1, 0.15) is 11.5 Å². The quantitative estimate of drug-likeness (QED) is 0.855. The number of nitrogens with zero attached hydrogens (tertiary/aromatic N) is 1. The molecule has 2 rings (SSSR count). The van der Waals surface area contributed by atoms with Crippen LogP contribution in [0.1, 0.15) is 44.4 Å². The first-order valence-electron chi connectivity index (χ1n) is 8.24. The monoisotopic (exact) mass is 319 g/mol. The van der Waals surface area contributed by atoms with E-state index in [-0.39, 0.29) is 17.2 Å². The molecule has 128 valence electrons. The summed E-state index contributed by atoms with van der Waals surface area (Å²) in [7, 11) is 1.71. The summed E-state index contributed by atoms with van der Waals surface area (Å²) in [5.41, 5.74) is 3.77. The van der Waals surface area contributed by atoms with Crippen LogP contribution in [0.15, 0.2) is 12.1 Å². The van der Waals surface area contributed by atoms with E-state index in [2.05, 4.69) is 44.7 Å². The molecular formula is C19H29NO3. The maximum absolute atomic E-state index is 11.9. The van der Waals surface area contributed by atoms with Crippen LogP contribution in [0.3, 0.4) is 0 Å². The molecule has 0 saturated carbocycles. The molecule has 1 saturated heterocycles. The highest BCUT2D eigenvalue weighted by atomic mass is 16.5. The Morgan fingerprint density at radius 1 is 1.39 bits per heavy atom. The molecule has 1 aliphatic heterocycles. The Morgan fingerprint density at radius 2 is 2.09 bits per heavy atom. The van der Waals surface area contributed by atoms with Crippen molar-refractivity contribution < 1.29 is 14.3 Å². The highest BCUT2D eigenvalue weighted by Crippen LogP contribution is 2.32. The number of ketones is 1. The van der Waals surface area contributed by atoms with Gasteiger partial charge in [0.05, 0.1) is 26.4 Å². The minimum absolute atomic E-state index is 0.0801. The minimum atomic E-state index is -0.156. The van der Waals surface area contributed by atoms with Crippen LogP contribution in [-0.2, 0) is 21.5 Å². The fourth-order valence-corrected chi connectivity index (χ4v) is 3.29. The number of hydrogen-bond acceptors (Lipinski definition) is 4. The van der Waals surface area contributed by atoms with Crippen LogP contribution in [-0.4, -0.2) is 43.6 Å². The lowest BCUT2D eigenvalue weighted by Gasteiger charge is -2.34. The van der Waals surface area contributed by atoms with Gasteiger partial charge < -0.3 is 9.47 Å². The second-order valence-electron chi connectivity index (χ2n) is 7.40. The number of carbonyl (C=O) groups excluding carboxylic acids is 1. The van der Waals surface area contributed by atoms with Crippen molar-refractivity contribution in [2.75, 3.05) is 26.9 Å². The largest absolute Gasteiger partial charge is 0.496 e. The molecule has 0 spiro atoms. The van der Waals surface area contributed by atoms with Crippen molar-refractivity contribution in [2.24, 2.45) is 0 Å². The number of methoxy groups -OCH3 is 1. The number of morpholine rings is 1. The number of rotatable bonds is 4. The van der Waals surface area contributed by atoms with E-state index < -0.39 is 0 Å². The van der Waals surface area contributed by atoms with Crippen LogP contribution in [0.5, 0.6) is 5.75 Å². The highest BCUT2D eigenvalue weighted by Gasteiger charge is 2.28. The second kappa shape index (κ2) is 7.02. The topological polar surface area (TPSA) is 38.8 Å². The van der Waals surface area contributed by atoms with Crippen molar-refractivity contribution in [3.05, 3.63) is 28.8 Å². The summed E-state index contributed by atoms with van der Waals surface area (Å²) < 4.78 is 11.1. The average molecular weight is 319 g/mol. The van der Waals surface area contributed by atoms with Crippen LogP contribution in [0.4, 0.5) is 0 Å². The van der Waals surface area contributed by atoms with E-state index in [0.29, 0.717) is 19.8 Å². The number of benzene rings is 1. The SMILES string of the molecule is COc1cc(C(C)(C)C)c(C)cc1CN1CCOC[C@H]1C(C)=O. The molecular weight excluding hydrogens is 290 g/mol.